The van der Waals surface area contributed by atoms with Gasteiger partial charge in [0.25, 0.3) is 0 Å². The summed E-state index contributed by atoms with van der Waals surface area (Å²) in [5, 5.41) is 6.86. The highest BCUT2D eigenvalue weighted by Crippen LogP contribution is 2.36. The molecule has 1 amide bonds. The Morgan fingerprint density at radius 3 is 2.76 bits per heavy atom. The monoisotopic (exact) mass is 465 g/mol. The first-order valence-corrected chi connectivity index (χ1v) is 11.2. The Morgan fingerprint density at radius 2 is 2.03 bits per heavy atom. The molecule has 2 aromatic heterocycles. The molecule has 3 aromatic rings. The summed E-state index contributed by atoms with van der Waals surface area (Å²) >= 11 is 0. The molecule has 0 atom stereocenters. The summed E-state index contributed by atoms with van der Waals surface area (Å²) in [5.41, 5.74) is 2.28. The quantitative estimate of drug-likeness (QED) is 0.509. The Hall–Kier alpha value is -3.43. The Kier molecular flexibility index (Phi) is 6.21. The molecule has 1 saturated heterocycles. The van der Waals surface area contributed by atoms with Crippen molar-refractivity contribution in [2.45, 2.75) is 31.5 Å². The fraction of sp³-hybridized carbons (Fsp3) is 0.320. The lowest BCUT2D eigenvalue weighted by Gasteiger charge is -2.38. The maximum Gasteiger partial charge on any atom is 0.248 e. The number of amides is 1. The minimum Gasteiger partial charge on any atom is -0.379 e. The van der Waals surface area contributed by atoms with E-state index in [2.05, 4.69) is 20.3 Å². The number of anilines is 1. The van der Waals surface area contributed by atoms with Crippen LogP contribution in [0.2, 0.25) is 0 Å². The van der Waals surface area contributed by atoms with E-state index in [9.17, 15) is 13.6 Å². The molecule has 1 saturated carbocycles. The summed E-state index contributed by atoms with van der Waals surface area (Å²) in [7, 11) is 1.68. The summed E-state index contributed by atoms with van der Waals surface area (Å²) in [6.45, 7) is 2.26. The van der Waals surface area contributed by atoms with Crippen molar-refractivity contribution in [3.63, 3.8) is 0 Å². The van der Waals surface area contributed by atoms with Crippen LogP contribution >= 0.6 is 0 Å². The highest BCUT2D eigenvalue weighted by molar-refractivity contribution is 6.02. The predicted octanol–water partition coefficient (Wildman–Crippen LogP) is 4.04. The lowest BCUT2D eigenvalue weighted by atomic mass is 10.0. The van der Waals surface area contributed by atoms with Gasteiger partial charge in [0.2, 0.25) is 5.91 Å². The molecule has 2 aliphatic rings. The van der Waals surface area contributed by atoms with Crippen LogP contribution in [0.25, 0.3) is 17.2 Å². The van der Waals surface area contributed by atoms with Crippen LogP contribution in [0.3, 0.4) is 0 Å². The fourth-order valence-corrected chi connectivity index (χ4v) is 4.04. The number of aromatic nitrogens is 3. The van der Waals surface area contributed by atoms with Crippen molar-refractivity contribution >= 4 is 17.7 Å². The third kappa shape index (κ3) is 4.90. The van der Waals surface area contributed by atoms with Crippen molar-refractivity contribution in [1.82, 2.24) is 19.7 Å². The molecule has 0 unspecified atom stereocenters. The lowest BCUT2D eigenvalue weighted by Crippen LogP contribution is -2.50. The van der Waals surface area contributed by atoms with Crippen LogP contribution in [0.5, 0.6) is 0 Å². The van der Waals surface area contributed by atoms with Crippen LogP contribution in [0.1, 0.15) is 30.0 Å². The molecule has 2 fully saturated rings. The van der Waals surface area contributed by atoms with Crippen molar-refractivity contribution in [1.29, 1.82) is 0 Å². The molecule has 0 radical (unpaired) electrons. The van der Waals surface area contributed by atoms with Gasteiger partial charge < -0.3 is 10.1 Å². The number of methoxy groups -OCH3 is 1. The fourth-order valence-electron chi connectivity index (χ4n) is 4.04. The van der Waals surface area contributed by atoms with Crippen LogP contribution in [-0.2, 0) is 16.1 Å². The first-order valence-electron chi connectivity index (χ1n) is 11.2. The lowest BCUT2D eigenvalue weighted by molar-refractivity contribution is -0.111. The maximum absolute atomic E-state index is 14.6. The number of halogens is 2. The molecule has 7 nitrogen and oxygen atoms in total. The Balaban J connectivity index is 1.25. The third-order valence-corrected chi connectivity index (χ3v) is 6.11. The number of ether oxygens (including phenoxy) is 1. The van der Waals surface area contributed by atoms with Gasteiger partial charge in [0.15, 0.2) is 0 Å². The number of carbonyl (C=O) groups excluding carboxylic acids is 1. The predicted molar refractivity (Wildman–Crippen MR) is 124 cm³/mol. The third-order valence-electron chi connectivity index (χ3n) is 6.11. The highest BCUT2D eigenvalue weighted by Gasteiger charge is 2.26. The molecule has 3 heterocycles. The Labute approximate surface area is 196 Å². The summed E-state index contributed by atoms with van der Waals surface area (Å²) in [5.74, 6) is -1.54. The summed E-state index contributed by atoms with van der Waals surface area (Å²) < 4.78 is 36.2. The summed E-state index contributed by atoms with van der Waals surface area (Å²) in [4.78, 5) is 18.5. The number of pyridine rings is 1. The van der Waals surface area contributed by atoms with Crippen LogP contribution in [0.15, 0.2) is 49.1 Å². The number of carbonyl (C=O) groups is 1. The van der Waals surface area contributed by atoms with E-state index in [1.54, 1.807) is 31.6 Å². The molecule has 0 bridgehead atoms. The van der Waals surface area contributed by atoms with Gasteiger partial charge in [0, 0.05) is 61.9 Å². The Bertz CT molecular complexity index is 1230. The average Bonchev–Trinajstić information content (AvgIpc) is 3.53. The SMILES string of the molecule is COC1CN(Cc2ccc(NC(=O)C=Cc3cncc(F)c3-c3cnn(C4CC4)c3)c(F)c2)C1. The first kappa shape index (κ1) is 22.4. The molecule has 1 aromatic carbocycles. The van der Waals surface area contributed by atoms with Crippen LogP contribution in [-0.4, -0.2) is 51.9 Å². The van der Waals surface area contributed by atoms with Gasteiger partial charge in [-0.1, -0.05) is 6.07 Å². The number of hydrogen-bond acceptors (Lipinski definition) is 5. The van der Waals surface area contributed by atoms with Crippen molar-refractivity contribution in [2.75, 3.05) is 25.5 Å². The molecular formula is C25H25F2N5O2. The number of nitrogens with one attached hydrogen (secondary N) is 1. The second-order valence-corrected chi connectivity index (χ2v) is 8.71. The molecule has 176 valence electrons. The smallest absolute Gasteiger partial charge is 0.248 e. The molecule has 1 N–H and O–H groups in total. The van der Waals surface area contributed by atoms with Gasteiger partial charge >= 0.3 is 0 Å². The van der Waals surface area contributed by atoms with Crippen molar-refractivity contribution in [3.05, 3.63) is 71.8 Å². The number of nitrogens with zero attached hydrogens (tertiary/aromatic N) is 4. The van der Waals surface area contributed by atoms with Gasteiger partial charge in [0.1, 0.15) is 11.6 Å². The zero-order chi connectivity index (χ0) is 23.7. The maximum atomic E-state index is 14.6. The van der Waals surface area contributed by atoms with E-state index in [4.69, 9.17) is 4.74 Å². The normalized spacial score (nSPS) is 16.7. The summed E-state index contributed by atoms with van der Waals surface area (Å²) in [6, 6.07) is 5.13. The van der Waals surface area contributed by atoms with Gasteiger partial charge in [0.05, 0.1) is 30.2 Å². The van der Waals surface area contributed by atoms with E-state index < -0.39 is 17.5 Å². The van der Waals surface area contributed by atoms with Gasteiger partial charge in [-0.2, -0.15) is 5.10 Å². The van der Waals surface area contributed by atoms with Crippen LogP contribution in [0, 0.1) is 11.6 Å². The van der Waals surface area contributed by atoms with E-state index in [1.165, 1.54) is 24.4 Å². The van der Waals surface area contributed by atoms with E-state index in [0.717, 1.165) is 37.7 Å². The summed E-state index contributed by atoms with van der Waals surface area (Å²) in [6.07, 6.45) is 11.1. The highest BCUT2D eigenvalue weighted by atomic mass is 19.1. The standard InChI is InChI=1S/C25H25F2N5O2/c1-34-20-14-31(15-20)12-16-2-6-23(21(26)8-16)30-24(33)7-3-17-9-28-11-22(27)25(17)18-10-29-32(13-18)19-4-5-19/h2-3,6-11,13,19-20H,4-5,12,14-15H2,1H3,(H,30,33). The van der Waals surface area contributed by atoms with Crippen LogP contribution < -0.4 is 5.32 Å². The van der Waals surface area contributed by atoms with Crippen molar-refractivity contribution in [3.8, 4) is 11.1 Å². The topological polar surface area (TPSA) is 72.3 Å². The molecule has 5 rings (SSSR count). The molecule has 1 aliphatic carbocycles. The largest absolute Gasteiger partial charge is 0.379 e. The minimum absolute atomic E-state index is 0.0834. The van der Waals surface area contributed by atoms with Gasteiger partial charge in [-0.05, 0) is 36.6 Å². The van der Waals surface area contributed by atoms with E-state index >= 15 is 0 Å². The molecular weight excluding hydrogens is 440 g/mol. The van der Waals surface area contributed by atoms with Gasteiger partial charge in [-0.3, -0.25) is 19.4 Å². The zero-order valence-corrected chi connectivity index (χ0v) is 18.7. The second kappa shape index (κ2) is 9.44. The van der Waals surface area contributed by atoms with Crippen LogP contribution in [0.4, 0.5) is 14.5 Å². The molecule has 34 heavy (non-hydrogen) atoms. The minimum atomic E-state index is -0.527. The zero-order valence-electron chi connectivity index (χ0n) is 18.7. The first-order chi connectivity index (χ1) is 16.5. The van der Waals surface area contributed by atoms with Crippen molar-refractivity contribution in [2.24, 2.45) is 0 Å². The number of likely N-dealkylation sites (tertiary alicyclic amines) is 1. The van der Waals surface area contributed by atoms with E-state index in [-0.39, 0.29) is 11.8 Å². The molecule has 9 heteroatoms. The van der Waals surface area contributed by atoms with E-state index in [1.807, 2.05) is 4.68 Å². The van der Waals surface area contributed by atoms with E-state index in [0.29, 0.717) is 29.3 Å². The Morgan fingerprint density at radius 1 is 1.21 bits per heavy atom. The second-order valence-electron chi connectivity index (χ2n) is 8.71. The van der Waals surface area contributed by atoms with Gasteiger partial charge in [-0.15, -0.1) is 0 Å². The average molecular weight is 466 g/mol. The number of rotatable bonds is 8. The number of benzene rings is 1. The molecule has 1 aliphatic heterocycles. The van der Waals surface area contributed by atoms with Gasteiger partial charge in [-0.25, -0.2) is 8.78 Å². The molecule has 0 spiro atoms. The number of hydrogen-bond donors (Lipinski definition) is 1. The van der Waals surface area contributed by atoms with Crippen molar-refractivity contribution < 1.29 is 18.3 Å².